The normalized spacial score (nSPS) is 17.7. The number of para-hydroxylation sites is 2. The number of nitrogens with zero attached hydrogens (tertiary/aromatic N) is 1. The molecule has 1 atom stereocenters. The van der Waals surface area contributed by atoms with Gasteiger partial charge in [-0.25, -0.2) is 0 Å². The van der Waals surface area contributed by atoms with Crippen LogP contribution in [0.15, 0.2) is 70.7 Å². The van der Waals surface area contributed by atoms with E-state index in [4.69, 9.17) is 9.15 Å². The monoisotopic (exact) mass is 433 g/mol. The number of anilines is 1. The van der Waals surface area contributed by atoms with E-state index in [0.717, 1.165) is 11.3 Å². The Morgan fingerprint density at radius 1 is 1.06 bits per heavy atom. The Hall–Kier alpha value is -4.00. The molecule has 2 N–H and O–H groups in total. The van der Waals surface area contributed by atoms with Gasteiger partial charge in [0, 0.05) is 5.56 Å². The van der Waals surface area contributed by atoms with Crippen LogP contribution in [0.3, 0.4) is 0 Å². The molecule has 2 aromatic carbocycles. The number of ether oxygens (including phenoxy) is 1. The minimum atomic E-state index is -1.03. The largest absolute Gasteiger partial charge is 0.507 e. The fourth-order valence-corrected chi connectivity index (χ4v) is 3.70. The number of aliphatic hydroxyl groups is 1. The van der Waals surface area contributed by atoms with E-state index in [1.165, 1.54) is 12.1 Å². The number of phenolic OH excluding ortho intramolecular Hbond substituents is 1. The fourth-order valence-electron chi connectivity index (χ4n) is 3.70. The van der Waals surface area contributed by atoms with E-state index in [-0.39, 0.29) is 22.8 Å². The average Bonchev–Trinajstić information content (AvgIpc) is 3.33. The standard InChI is InChI=1S/C25H23NO6/c1-3-14-31-17-11-9-16(10-12-17)23(28)21-22(20-13-8-15(2)32-20)26(25(30)24(21)29)18-6-4-5-7-19(18)27/h4-13,22,27-28H,3,14H2,1-2H3/b23-21-. The molecule has 1 aliphatic rings. The predicted molar refractivity (Wildman–Crippen MR) is 119 cm³/mol. The molecule has 164 valence electrons. The van der Waals surface area contributed by atoms with Crippen molar-refractivity contribution in [2.24, 2.45) is 0 Å². The summed E-state index contributed by atoms with van der Waals surface area (Å²) in [5.41, 5.74) is 0.392. The summed E-state index contributed by atoms with van der Waals surface area (Å²) in [6, 6.07) is 15.2. The Morgan fingerprint density at radius 3 is 2.41 bits per heavy atom. The van der Waals surface area contributed by atoms with E-state index in [1.54, 1.807) is 55.5 Å². The molecule has 2 heterocycles. The number of carbonyl (C=O) groups excluding carboxylic acids is 2. The first-order valence-electron chi connectivity index (χ1n) is 10.3. The number of benzene rings is 2. The molecule has 1 aliphatic heterocycles. The zero-order valence-electron chi connectivity index (χ0n) is 17.7. The zero-order valence-corrected chi connectivity index (χ0v) is 17.7. The van der Waals surface area contributed by atoms with E-state index in [1.807, 2.05) is 6.92 Å². The lowest BCUT2D eigenvalue weighted by Gasteiger charge is -2.24. The van der Waals surface area contributed by atoms with Crippen LogP contribution >= 0.6 is 0 Å². The van der Waals surface area contributed by atoms with Crippen LogP contribution in [0.1, 0.15) is 36.5 Å². The van der Waals surface area contributed by atoms with E-state index in [0.29, 0.717) is 29.4 Å². The first kappa shape index (κ1) is 21.2. The zero-order chi connectivity index (χ0) is 22.8. The molecule has 3 aromatic rings. The number of phenols is 1. The number of Topliss-reactive ketones (excluding diaryl/α,β-unsaturated/α-hetero) is 1. The maximum absolute atomic E-state index is 13.1. The van der Waals surface area contributed by atoms with Gasteiger partial charge in [0.25, 0.3) is 11.7 Å². The van der Waals surface area contributed by atoms with Gasteiger partial charge in [-0.05, 0) is 61.9 Å². The second-order valence-electron chi connectivity index (χ2n) is 7.48. The van der Waals surface area contributed by atoms with Gasteiger partial charge in [-0.15, -0.1) is 0 Å². The molecule has 7 heteroatoms. The maximum atomic E-state index is 13.1. The summed E-state index contributed by atoms with van der Waals surface area (Å²) in [4.78, 5) is 27.2. The summed E-state index contributed by atoms with van der Waals surface area (Å²) in [6.07, 6.45) is 0.861. The van der Waals surface area contributed by atoms with Crippen molar-refractivity contribution >= 4 is 23.1 Å². The molecule has 0 saturated carbocycles. The van der Waals surface area contributed by atoms with Crippen LogP contribution in [-0.2, 0) is 9.59 Å². The molecule has 1 unspecified atom stereocenters. The van der Waals surface area contributed by atoms with Crippen LogP contribution in [0.2, 0.25) is 0 Å². The lowest BCUT2D eigenvalue weighted by atomic mass is 9.99. The number of hydrogen-bond donors (Lipinski definition) is 2. The summed E-state index contributed by atoms with van der Waals surface area (Å²) in [6.45, 7) is 4.31. The molecule has 32 heavy (non-hydrogen) atoms. The number of hydrogen-bond acceptors (Lipinski definition) is 6. The van der Waals surface area contributed by atoms with Crippen molar-refractivity contribution in [3.8, 4) is 11.5 Å². The first-order chi connectivity index (χ1) is 15.4. The third-order valence-corrected chi connectivity index (χ3v) is 5.22. The van der Waals surface area contributed by atoms with Crippen LogP contribution < -0.4 is 9.64 Å². The highest BCUT2D eigenvalue weighted by atomic mass is 16.5. The van der Waals surface area contributed by atoms with Crippen molar-refractivity contribution in [2.75, 3.05) is 11.5 Å². The Kier molecular flexibility index (Phi) is 5.73. The van der Waals surface area contributed by atoms with Gasteiger partial charge < -0.3 is 19.4 Å². The molecule has 1 aromatic heterocycles. The van der Waals surface area contributed by atoms with Crippen molar-refractivity contribution < 1.29 is 29.0 Å². The van der Waals surface area contributed by atoms with Crippen LogP contribution in [0.4, 0.5) is 5.69 Å². The lowest BCUT2D eigenvalue weighted by Crippen LogP contribution is -2.29. The number of furan rings is 1. The quantitative estimate of drug-likeness (QED) is 0.332. The Bertz CT molecular complexity index is 1190. The summed E-state index contributed by atoms with van der Waals surface area (Å²) < 4.78 is 11.3. The van der Waals surface area contributed by atoms with Crippen LogP contribution in [-0.4, -0.2) is 28.5 Å². The second kappa shape index (κ2) is 8.63. The summed E-state index contributed by atoms with van der Waals surface area (Å²) >= 11 is 0. The highest BCUT2D eigenvalue weighted by Crippen LogP contribution is 2.45. The van der Waals surface area contributed by atoms with E-state index in [9.17, 15) is 19.8 Å². The minimum Gasteiger partial charge on any atom is -0.507 e. The van der Waals surface area contributed by atoms with Gasteiger partial charge >= 0.3 is 0 Å². The highest BCUT2D eigenvalue weighted by molar-refractivity contribution is 6.51. The predicted octanol–water partition coefficient (Wildman–Crippen LogP) is 4.71. The van der Waals surface area contributed by atoms with Crippen molar-refractivity contribution in [3.05, 3.63) is 83.3 Å². The van der Waals surface area contributed by atoms with Gasteiger partial charge in [-0.3, -0.25) is 14.5 Å². The molecule has 0 radical (unpaired) electrons. The number of rotatable bonds is 6. The summed E-state index contributed by atoms with van der Waals surface area (Å²) in [5.74, 6) is -0.709. The van der Waals surface area contributed by atoms with Crippen molar-refractivity contribution in [1.82, 2.24) is 0 Å². The first-order valence-corrected chi connectivity index (χ1v) is 10.3. The van der Waals surface area contributed by atoms with Gasteiger partial charge in [0.2, 0.25) is 0 Å². The summed E-state index contributed by atoms with van der Waals surface area (Å²) in [5, 5.41) is 21.4. The maximum Gasteiger partial charge on any atom is 0.300 e. The smallest absolute Gasteiger partial charge is 0.300 e. The molecule has 1 fully saturated rings. The third kappa shape index (κ3) is 3.73. The molecule has 0 aliphatic carbocycles. The number of ketones is 1. The van der Waals surface area contributed by atoms with Gasteiger partial charge in [-0.2, -0.15) is 0 Å². The number of aromatic hydroxyl groups is 1. The Balaban J connectivity index is 1.85. The number of carbonyl (C=O) groups is 2. The minimum absolute atomic E-state index is 0.116. The van der Waals surface area contributed by atoms with Crippen molar-refractivity contribution in [2.45, 2.75) is 26.3 Å². The fraction of sp³-hybridized carbons (Fsp3) is 0.200. The highest BCUT2D eigenvalue weighted by Gasteiger charge is 2.49. The van der Waals surface area contributed by atoms with Gasteiger partial charge in [0.05, 0.1) is 17.9 Å². The van der Waals surface area contributed by atoms with E-state index >= 15 is 0 Å². The third-order valence-electron chi connectivity index (χ3n) is 5.22. The number of aryl methyl sites for hydroxylation is 1. The number of amides is 1. The van der Waals surface area contributed by atoms with Crippen LogP contribution in [0, 0.1) is 6.92 Å². The summed E-state index contributed by atoms with van der Waals surface area (Å²) in [7, 11) is 0. The topological polar surface area (TPSA) is 100 Å². The molecular formula is C25H23NO6. The molecule has 0 spiro atoms. The molecular weight excluding hydrogens is 410 g/mol. The molecule has 1 amide bonds. The molecule has 0 bridgehead atoms. The Labute approximate surface area is 185 Å². The van der Waals surface area contributed by atoms with E-state index in [2.05, 4.69) is 0 Å². The van der Waals surface area contributed by atoms with Gasteiger partial charge in [0.1, 0.15) is 34.8 Å². The molecule has 1 saturated heterocycles. The van der Waals surface area contributed by atoms with Gasteiger partial charge in [-0.1, -0.05) is 19.1 Å². The number of aliphatic hydroxyl groups excluding tert-OH is 1. The SMILES string of the molecule is CCCOc1ccc(/C(O)=C2/C(=O)C(=O)N(c3ccccc3O)C2c2ccc(C)o2)cc1. The lowest BCUT2D eigenvalue weighted by molar-refractivity contribution is -0.132. The van der Waals surface area contributed by atoms with Crippen LogP contribution in [0.25, 0.3) is 5.76 Å². The van der Waals surface area contributed by atoms with Crippen LogP contribution in [0.5, 0.6) is 11.5 Å². The average molecular weight is 433 g/mol. The Morgan fingerprint density at radius 2 is 1.78 bits per heavy atom. The van der Waals surface area contributed by atoms with Crippen molar-refractivity contribution in [1.29, 1.82) is 0 Å². The second-order valence-corrected chi connectivity index (χ2v) is 7.48. The van der Waals surface area contributed by atoms with Crippen molar-refractivity contribution in [3.63, 3.8) is 0 Å². The molecule has 7 nitrogen and oxygen atoms in total. The van der Waals surface area contributed by atoms with Gasteiger partial charge in [0.15, 0.2) is 0 Å². The van der Waals surface area contributed by atoms with E-state index < -0.39 is 17.7 Å². The molecule has 4 rings (SSSR count).